The maximum Gasteiger partial charge on any atom is 0.292 e. The number of ether oxygens (including phenoxy) is 1. The van der Waals surface area contributed by atoms with Crippen LogP contribution in [0.5, 0.6) is 0 Å². The van der Waals surface area contributed by atoms with E-state index in [2.05, 4.69) is 19.2 Å². The van der Waals surface area contributed by atoms with Gasteiger partial charge in [0.25, 0.3) is 5.69 Å². The van der Waals surface area contributed by atoms with E-state index in [9.17, 15) is 10.1 Å². The molecule has 2 rings (SSSR count). The summed E-state index contributed by atoms with van der Waals surface area (Å²) in [5.41, 5.74) is 1.62. The van der Waals surface area contributed by atoms with Crippen LogP contribution in [0.1, 0.15) is 45.1 Å². The smallest absolute Gasteiger partial charge is 0.292 e. The monoisotopic (exact) mass is 292 g/mol. The van der Waals surface area contributed by atoms with Crippen molar-refractivity contribution in [2.75, 3.05) is 11.9 Å². The van der Waals surface area contributed by atoms with Gasteiger partial charge in [-0.25, -0.2) is 0 Å². The Morgan fingerprint density at radius 2 is 2.14 bits per heavy atom. The zero-order valence-electron chi connectivity index (χ0n) is 13.0. The van der Waals surface area contributed by atoms with Gasteiger partial charge >= 0.3 is 0 Å². The van der Waals surface area contributed by atoms with E-state index in [0.29, 0.717) is 12.3 Å². The number of aryl methyl sites for hydroxylation is 1. The summed E-state index contributed by atoms with van der Waals surface area (Å²) in [7, 11) is 0. The van der Waals surface area contributed by atoms with E-state index >= 15 is 0 Å². The van der Waals surface area contributed by atoms with E-state index in [-0.39, 0.29) is 22.3 Å². The molecule has 0 aromatic heterocycles. The van der Waals surface area contributed by atoms with Crippen molar-refractivity contribution >= 4 is 11.4 Å². The van der Waals surface area contributed by atoms with Crippen LogP contribution < -0.4 is 5.32 Å². The van der Waals surface area contributed by atoms with Crippen molar-refractivity contribution in [3.8, 4) is 0 Å². The number of nitrogens with zero attached hydrogens (tertiary/aromatic N) is 1. The minimum absolute atomic E-state index is 0.0899. The summed E-state index contributed by atoms with van der Waals surface area (Å²) in [5.74, 6) is 0. The van der Waals surface area contributed by atoms with Crippen molar-refractivity contribution in [1.82, 2.24) is 0 Å². The van der Waals surface area contributed by atoms with E-state index in [0.717, 1.165) is 31.2 Å². The van der Waals surface area contributed by atoms with Crippen molar-refractivity contribution in [1.29, 1.82) is 0 Å². The molecule has 1 heterocycles. The molecule has 0 aliphatic carbocycles. The standard InChI is InChI=1S/C16H24N2O3/c1-4-16(5-2)11-13(9-10-21-16)17-15-12(3)7-6-8-14(15)18(19)20/h6-8,13,17H,4-5,9-11H2,1-3H3. The van der Waals surface area contributed by atoms with Crippen LogP contribution in [-0.4, -0.2) is 23.2 Å². The number of nitrogens with one attached hydrogen (secondary N) is 1. The van der Waals surface area contributed by atoms with Crippen molar-refractivity contribution in [3.63, 3.8) is 0 Å². The summed E-state index contributed by atoms with van der Waals surface area (Å²) in [6, 6.07) is 5.41. The summed E-state index contributed by atoms with van der Waals surface area (Å²) < 4.78 is 5.97. The Morgan fingerprint density at radius 1 is 1.43 bits per heavy atom. The first-order valence-corrected chi connectivity index (χ1v) is 7.66. The largest absolute Gasteiger partial charge is 0.376 e. The minimum Gasteiger partial charge on any atom is -0.376 e. The Balaban J connectivity index is 2.20. The highest BCUT2D eigenvalue weighted by atomic mass is 16.6. The molecule has 5 heteroatoms. The summed E-state index contributed by atoms with van der Waals surface area (Å²) in [6.45, 7) is 6.89. The number of nitro benzene ring substituents is 1. The van der Waals surface area contributed by atoms with E-state index in [1.807, 2.05) is 13.0 Å². The van der Waals surface area contributed by atoms with Gasteiger partial charge in [0.1, 0.15) is 5.69 Å². The average Bonchev–Trinajstić information content (AvgIpc) is 2.49. The molecule has 1 saturated heterocycles. The van der Waals surface area contributed by atoms with Gasteiger partial charge in [0.05, 0.1) is 10.5 Å². The van der Waals surface area contributed by atoms with Crippen LogP contribution in [0.3, 0.4) is 0 Å². The Kier molecular flexibility index (Phi) is 4.83. The van der Waals surface area contributed by atoms with Crippen LogP contribution in [0.4, 0.5) is 11.4 Å². The molecule has 1 aliphatic heterocycles. The second-order valence-corrected chi connectivity index (χ2v) is 5.80. The van der Waals surface area contributed by atoms with E-state index in [4.69, 9.17) is 4.74 Å². The molecule has 5 nitrogen and oxygen atoms in total. The third-order valence-corrected chi connectivity index (χ3v) is 4.58. The topological polar surface area (TPSA) is 64.4 Å². The first-order chi connectivity index (χ1) is 10.0. The van der Waals surface area contributed by atoms with Crippen LogP contribution in [0.15, 0.2) is 18.2 Å². The maximum atomic E-state index is 11.2. The van der Waals surface area contributed by atoms with E-state index < -0.39 is 0 Å². The highest BCUT2D eigenvalue weighted by Crippen LogP contribution is 2.35. The fourth-order valence-corrected chi connectivity index (χ4v) is 3.09. The van der Waals surface area contributed by atoms with Gasteiger partial charge in [0, 0.05) is 18.7 Å². The lowest BCUT2D eigenvalue weighted by atomic mass is 9.85. The normalized spacial score (nSPS) is 21.0. The van der Waals surface area contributed by atoms with Crippen molar-refractivity contribution < 1.29 is 9.66 Å². The van der Waals surface area contributed by atoms with Crippen LogP contribution in [0.25, 0.3) is 0 Å². The third-order valence-electron chi connectivity index (χ3n) is 4.58. The number of rotatable bonds is 5. The fourth-order valence-electron chi connectivity index (χ4n) is 3.09. The summed E-state index contributed by atoms with van der Waals surface area (Å²) >= 11 is 0. The highest BCUT2D eigenvalue weighted by Gasteiger charge is 2.35. The molecule has 0 bridgehead atoms. The molecular weight excluding hydrogens is 268 g/mol. The quantitative estimate of drug-likeness (QED) is 0.656. The number of hydrogen-bond acceptors (Lipinski definition) is 4. The fraction of sp³-hybridized carbons (Fsp3) is 0.625. The maximum absolute atomic E-state index is 11.2. The van der Waals surface area contributed by atoms with Gasteiger partial charge in [-0.1, -0.05) is 26.0 Å². The molecule has 0 spiro atoms. The lowest BCUT2D eigenvalue weighted by molar-refractivity contribution is -0.384. The van der Waals surface area contributed by atoms with Crippen LogP contribution >= 0.6 is 0 Å². The van der Waals surface area contributed by atoms with Crippen LogP contribution in [0, 0.1) is 17.0 Å². The average molecular weight is 292 g/mol. The molecular formula is C16H24N2O3. The number of benzene rings is 1. The Morgan fingerprint density at radius 3 is 2.76 bits per heavy atom. The predicted molar refractivity (Wildman–Crippen MR) is 83.7 cm³/mol. The molecule has 1 atom stereocenters. The van der Waals surface area contributed by atoms with Gasteiger partial charge in [-0.3, -0.25) is 10.1 Å². The second-order valence-electron chi connectivity index (χ2n) is 5.80. The molecule has 0 radical (unpaired) electrons. The molecule has 21 heavy (non-hydrogen) atoms. The molecule has 0 saturated carbocycles. The Labute approximate surface area is 125 Å². The summed E-state index contributed by atoms with van der Waals surface area (Å²) in [6.07, 6.45) is 3.72. The molecule has 1 N–H and O–H groups in total. The molecule has 1 aromatic carbocycles. The number of hydrogen-bond donors (Lipinski definition) is 1. The lowest BCUT2D eigenvalue weighted by Crippen LogP contribution is -2.43. The summed E-state index contributed by atoms with van der Waals surface area (Å²) in [4.78, 5) is 10.9. The first kappa shape index (κ1) is 15.8. The Hall–Kier alpha value is -1.62. The van der Waals surface area contributed by atoms with E-state index in [1.54, 1.807) is 12.1 Å². The Bertz CT molecular complexity index is 512. The van der Waals surface area contributed by atoms with Crippen LogP contribution in [-0.2, 0) is 4.74 Å². The minimum atomic E-state index is -0.318. The molecule has 0 amide bonds. The molecule has 1 unspecified atom stereocenters. The number of para-hydroxylation sites is 1. The molecule has 116 valence electrons. The van der Waals surface area contributed by atoms with Gasteiger partial charge in [0.2, 0.25) is 0 Å². The highest BCUT2D eigenvalue weighted by molar-refractivity contribution is 5.66. The molecule has 1 aliphatic rings. The molecule has 1 aromatic rings. The van der Waals surface area contributed by atoms with Gasteiger partial charge in [0.15, 0.2) is 0 Å². The number of anilines is 1. The van der Waals surface area contributed by atoms with Crippen molar-refractivity contribution in [2.45, 2.75) is 58.1 Å². The van der Waals surface area contributed by atoms with Gasteiger partial charge < -0.3 is 10.1 Å². The summed E-state index contributed by atoms with van der Waals surface area (Å²) in [5, 5.41) is 14.6. The van der Waals surface area contributed by atoms with E-state index in [1.165, 1.54) is 0 Å². The van der Waals surface area contributed by atoms with Crippen LogP contribution in [0.2, 0.25) is 0 Å². The zero-order chi connectivity index (χ0) is 15.5. The van der Waals surface area contributed by atoms with Gasteiger partial charge in [-0.15, -0.1) is 0 Å². The SMILES string of the molecule is CCC1(CC)CC(Nc2c(C)cccc2[N+](=O)[O-])CCO1. The number of nitro groups is 1. The molecule has 1 fully saturated rings. The van der Waals surface area contributed by atoms with Gasteiger partial charge in [-0.05, 0) is 38.2 Å². The van der Waals surface area contributed by atoms with Crippen molar-refractivity contribution in [2.24, 2.45) is 0 Å². The second kappa shape index (κ2) is 6.43. The predicted octanol–water partition coefficient (Wildman–Crippen LogP) is 4.05. The zero-order valence-corrected chi connectivity index (χ0v) is 13.0. The third kappa shape index (κ3) is 3.35. The van der Waals surface area contributed by atoms with Crippen molar-refractivity contribution in [3.05, 3.63) is 33.9 Å². The first-order valence-electron chi connectivity index (χ1n) is 7.66. The lowest BCUT2D eigenvalue weighted by Gasteiger charge is -2.40. The van der Waals surface area contributed by atoms with Gasteiger partial charge in [-0.2, -0.15) is 0 Å².